The molecule has 0 saturated heterocycles. The number of rotatable bonds is 5. The third kappa shape index (κ3) is 3.00. The third-order valence-electron chi connectivity index (χ3n) is 2.85. The molecule has 0 unspecified atom stereocenters. The van der Waals surface area contributed by atoms with Gasteiger partial charge in [0.25, 0.3) is 0 Å². The Balaban J connectivity index is 1.73. The average molecular weight is 270 g/mol. The van der Waals surface area contributed by atoms with Gasteiger partial charge in [-0.1, -0.05) is 18.2 Å². The van der Waals surface area contributed by atoms with Crippen LogP contribution in [0.4, 0.5) is 5.69 Å². The molecule has 0 radical (unpaired) electrons. The van der Waals surface area contributed by atoms with Gasteiger partial charge >= 0.3 is 0 Å². The van der Waals surface area contributed by atoms with Crippen molar-refractivity contribution in [1.82, 2.24) is 14.8 Å². The molecule has 0 atom stereocenters. The summed E-state index contributed by atoms with van der Waals surface area (Å²) < 4.78 is 1.92. The Labute approximate surface area is 115 Å². The van der Waals surface area contributed by atoms with Gasteiger partial charge in [0.15, 0.2) is 0 Å². The number of nitrogens with zero attached hydrogens (tertiary/aromatic N) is 3. The minimum Gasteiger partial charge on any atom is -0.379 e. The molecular formula is C14H14N4S. The minimum atomic E-state index is 0.750. The first-order valence-electron chi connectivity index (χ1n) is 6.08. The van der Waals surface area contributed by atoms with Crippen LogP contribution in [0.2, 0.25) is 0 Å². The number of hydrogen-bond donors (Lipinski definition) is 1. The van der Waals surface area contributed by atoms with Crippen LogP contribution < -0.4 is 5.32 Å². The van der Waals surface area contributed by atoms with E-state index in [0.29, 0.717) is 0 Å². The molecule has 4 nitrogen and oxygen atoms in total. The van der Waals surface area contributed by atoms with Gasteiger partial charge in [-0.15, -0.1) is 11.3 Å². The standard InChI is InChI=1S/C14H14N4S/c1-2-5-14(15-8-13-10-19-11-16-13)12(4-1)9-18-7-3-6-17-18/h1-7,10-11,15H,8-9H2. The molecule has 0 saturated carbocycles. The molecule has 0 aliphatic heterocycles. The summed E-state index contributed by atoms with van der Waals surface area (Å²) in [7, 11) is 0. The highest BCUT2D eigenvalue weighted by Crippen LogP contribution is 2.17. The van der Waals surface area contributed by atoms with Crippen LogP contribution in [-0.4, -0.2) is 14.8 Å². The Morgan fingerprint density at radius 3 is 2.95 bits per heavy atom. The van der Waals surface area contributed by atoms with Crippen LogP contribution in [0.3, 0.4) is 0 Å². The van der Waals surface area contributed by atoms with Gasteiger partial charge in [0.05, 0.1) is 24.3 Å². The van der Waals surface area contributed by atoms with Gasteiger partial charge in [0, 0.05) is 23.5 Å². The second kappa shape index (κ2) is 5.67. The lowest BCUT2D eigenvalue weighted by molar-refractivity contribution is 0.687. The van der Waals surface area contributed by atoms with Crippen LogP contribution >= 0.6 is 11.3 Å². The van der Waals surface area contributed by atoms with Crippen LogP contribution in [0.1, 0.15) is 11.3 Å². The quantitative estimate of drug-likeness (QED) is 0.775. The maximum Gasteiger partial charge on any atom is 0.0795 e. The first kappa shape index (κ1) is 11.9. The zero-order valence-corrected chi connectivity index (χ0v) is 11.2. The van der Waals surface area contributed by atoms with E-state index in [0.717, 1.165) is 24.5 Å². The molecule has 0 aliphatic carbocycles. The van der Waals surface area contributed by atoms with Gasteiger partial charge in [-0.2, -0.15) is 5.10 Å². The zero-order chi connectivity index (χ0) is 12.9. The van der Waals surface area contributed by atoms with E-state index in [2.05, 4.69) is 32.9 Å². The summed E-state index contributed by atoms with van der Waals surface area (Å²) in [6.07, 6.45) is 3.77. The predicted molar refractivity (Wildman–Crippen MR) is 77.2 cm³/mol. The van der Waals surface area contributed by atoms with Crippen LogP contribution in [0.5, 0.6) is 0 Å². The van der Waals surface area contributed by atoms with E-state index in [9.17, 15) is 0 Å². The number of benzene rings is 1. The fraction of sp³-hybridized carbons (Fsp3) is 0.143. The Hall–Kier alpha value is -2.14. The summed E-state index contributed by atoms with van der Waals surface area (Å²) in [5.74, 6) is 0. The van der Waals surface area contributed by atoms with Gasteiger partial charge in [-0.3, -0.25) is 4.68 Å². The molecule has 0 fully saturated rings. The fourth-order valence-corrected chi connectivity index (χ4v) is 2.47. The Kier molecular flexibility index (Phi) is 3.56. The average Bonchev–Trinajstić information content (AvgIpc) is 3.10. The second-order valence-electron chi connectivity index (χ2n) is 4.19. The molecular weight excluding hydrogens is 256 g/mol. The normalized spacial score (nSPS) is 10.5. The highest BCUT2D eigenvalue weighted by Gasteiger charge is 2.03. The number of aromatic nitrogens is 3. The Morgan fingerprint density at radius 1 is 1.21 bits per heavy atom. The summed E-state index contributed by atoms with van der Waals surface area (Å²) in [4.78, 5) is 4.28. The SMILES string of the molecule is c1ccc(NCc2cscn2)c(Cn2cccn2)c1. The van der Waals surface area contributed by atoms with Crippen molar-refractivity contribution in [2.45, 2.75) is 13.1 Å². The summed E-state index contributed by atoms with van der Waals surface area (Å²) >= 11 is 1.62. The zero-order valence-electron chi connectivity index (χ0n) is 10.4. The fourth-order valence-electron chi connectivity index (χ4n) is 1.91. The number of nitrogens with one attached hydrogen (secondary N) is 1. The highest BCUT2D eigenvalue weighted by molar-refractivity contribution is 7.07. The largest absolute Gasteiger partial charge is 0.379 e. The number of para-hydroxylation sites is 1. The highest BCUT2D eigenvalue weighted by atomic mass is 32.1. The van der Waals surface area contributed by atoms with Gasteiger partial charge in [0.2, 0.25) is 0 Å². The molecule has 1 N–H and O–H groups in total. The van der Waals surface area contributed by atoms with E-state index in [-0.39, 0.29) is 0 Å². The monoisotopic (exact) mass is 270 g/mol. The Morgan fingerprint density at radius 2 is 2.16 bits per heavy atom. The second-order valence-corrected chi connectivity index (χ2v) is 4.91. The van der Waals surface area contributed by atoms with Crippen molar-refractivity contribution in [2.75, 3.05) is 5.32 Å². The summed E-state index contributed by atoms with van der Waals surface area (Å²) in [6, 6.07) is 10.2. The maximum atomic E-state index is 4.28. The summed E-state index contributed by atoms with van der Waals surface area (Å²) in [5.41, 5.74) is 5.28. The number of anilines is 1. The molecule has 5 heteroatoms. The summed E-state index contributed by atoms with van der Waals surface area (Å²) in [5, 5.41) is 9.73. The molecule has 0 amide bonds. The van der Waals surface area contributed by atoms with Crippen LogP contribution in [0.25, 0.3) is 0 Å². The van der Waals surface area contributed by atoms with E-state index >= 15 is 0 Å². The molecule has 0 aliphatic rings. The van der Waals surface area contributed by atoms with Gasteiger partial charge < -0.3 is 5.32 Å². The molecule has 96 valence electrons. The predicted octanol–water partition coefficient (Wildman–Crippen LogP) is 3.00. The lowest BCUT2D eigenvalue weighted by Crippen LogP contribution is -2.06. The van der Waals surface area contributed by atoms with Gasteiger partial charge in [-0.05, 0) is 17.7 Å². The smallest absolute Gasteiger partial charge is 0.0795 e. The van der Waals surface area contributed by atoms with E-state index in [4.69, 9.17) is 0 Å². The first-order valence-corrected chi connectivity index (χ1v) is 7.02. The molecule has 3 rings (SSSR count). The van der Waals surface area contributed by atoms with Gasteiger partial charge in [0.1, 0.15) is 0 Å². The molecule has 19 heavy (non-hydrogen) atoms. The van der Waals surface area contributed by atoms with E-state index in [1.165, 1.54) is 5.56 Å². The summed E-state index contributed by atoms with van der Waals surface area (Å²) in [6.45, 7) is 1.52. The molecule has 1 aromatic carbocycles. The van der Waals surface area contributed by atoms with Crippen molar-refractivity contribution < 1.29 is 0 Å². The van der Waals surface area contributed by atoms with Gasteiger partial charge in [-0.25, -0.2) is 4.98 Å². The minimum absolute atomic E-state index is 0.750. The van der Waals surface area contributed by atoms with Crippen molar-refractivity contribution in [1.29, 1.82) is 0 Å². The molecule has 2 heterocycles. The maximum absolute atomic E-state index is 4.28. The number of hydrogen-bond acceptors (Lipinski definition) is 4. The molecule has 0 spiro atoms. The van der Waals surface area contributed by atoms with Crippen molar-refractivity contribution in [3.05, 3.63) is 64.9 Å². The lowest BCUT2D eigenvalue weighted by atomic mass is 10.1. The topological polar surface area (TPSA) is 42.7 Å². The Bertz CT molecular complexity index is 617. The molecule has 0 bridgehead atoms. The van der Waals surface area contributed by atoms with Crippen molar-refractivity contribution in [2.24, 2.45) is 0 Å². The number of thiazole rings is 1. The molecule has 2 aromatic heterocycles. The van der Waals surface area contributed by atoms with E-state index < -0.39 is 0 Å². The van der Waals surface area contributed by atoms with E-state index in [1.54, 1.807) is 17.5 Å². The third-order valence-corrected chi connectivity index (χ3v) is 3.49. The van der Waals surface area contributed by atoms with Crippen LogP contribution in [0, 0.1) is 0 Å². The molecule has 3 aromatic rings. The van der Waals surface area contributed by atoms with Crippen molar-refractivity contribution >= 4 is 17.0 Å². The van der Waals surface area contributed by atoms with Crippen molar-refractivity contribution in [3.8, 4) is 0 Å². The lowest BCUT2D eigenvalue weighted by Gasteiger charge is -2.11. The van der Waals surface area contributed by atoms with Crippen LogP contribution in [0.15, 0.2) is 53.6 Å². The van der Waals surface area contributed by atoms with Crippen molar-refractivity contribution in [3.63, 3.8) is 0 Å². The van der Waals surface area contributed by atoms with E-state index in [1.807, 2.05) is 34.6 Å². The first-order chi connectivity index (χ1) is 9.42. The van der Waals surface area contributed by atoms with Crippen LogP contribution in [-0.2, 0) is 13.1 Å².